The molecule has 3 rings (SSSR count). The summed E-state index contributed by atoms with van der Waals surface area (Å²) in [6.45, 7) is -1.84. The van der Waals surface area contributed by atoms with E-state index in [1.165, 1.54) is 0 Å². The van der Waals surface area contributed by atoms with Gasteiger partial charge in [0.15, 0.2) is 12.5 Å². The minimum absolute atomic E-state index is 0.751. The van der Waals surface area contributed by atoms with Gasteiger partial charge >= 0.3 is 5.97 Å². The Morgan fingerprint density at radius 1 is 0.932 bits per heavy atom. The Labute approximate surface area is 248 Å². The van der Waals surface area contributed by atoms with Gasteiger partial charge in [-0.3, -0.25) is 4.79 Å². The van der Waals surface area contributed by atoms with Gasteiger partial charge in [0.1, 0.15) is 67.1 Å². The van der Waals surface area contributed by atoms with Gasteiger partial charge in [0.25, 0.3) is 5.79 Å². The van der Waals surface area contributed by atoms with E-state index in [0.29, 0.717) is 0 Å². The number of nitrogens with one attached hydrogen (secondary N) is 2. The molecule has 0 spiro atoms. The predicted molar refractivity (Wildman–Crippen MR) is 133 cm³/mol. The lowest BCUT2D eigenvalue weighted by Gasteiger charge is -2.50. The van der Waals surface area contributed by atoms with E-state index in [1.54, 1.807) is 5.48 Å². The fourth-order valence-corrected chi connectivity index (χ4v) is 5.29. The molecule has 0 aromatic rings. The van der Waals surface area contributed by atoms with Crippen molar-refractivity contribution in [1.29, 1.82) is 0 Å². The number of carbonyl (C=O) groups excluding carboxylic acids is 1. The lowest BCUT2D eigenvalue weighted by atomic mass is 9.88. The summed E-state index contributed by atoms with van der Waals surface area (Å²) >= 11 is 0. The highest BCUT2D eigenvalue weighted by Crippen LogP contribution is 2.38. The van der Waals surface area contributed by atoms with Crippen LogP contribution in [0.4, 0.5) is 0 Å². The molecule has 21 heteroatoms. The van der Waals surface area contributed by atoms with Crippen LogP contribution in [0.15, 0.2) is 0 Å². The first-order chi connectivity index (χ1) is 20.7. The van der Waals surface area contributed by atoms with E-state index in [-0.39, 0.29) is 0 Å². The van der Waals surface area contributed by atoms with Crippen molar-refractivity contribution in [3.63, 3.8) is 0 Å². The van der Waals surface area contributed by atoms with E-state index in [0.717, 1.165) is 6.92 Å². The Morgan fingerprint density at radius 2 is 1.57 bits per heavy atom. The number of aliphatic carboxylic acids is 1. The molecular formula is C23H40N2O19. The zero-order chi connectivity index (χ0) is 33.1. The van der Waals surface area contributed by atoms with Crippen LogP contribution >= 0.6 is 0 Å². The maximum Gasteiger partial charge on any atom is 0.364 e. The molecule has 0 aliphatic carbocycles. The summed E-state index contributed by atoms with van der Waals surface area (Å²) in [6.07, 6.45) is -27.3. The topological polar surface area (TPSA) is 347 Å². The van der Waals surface area contributed by atoms with Crippen LogP contribution in [0.1, 0.15) is 13.3 Å². The fourth-order valence-electron chi connectivity index (χ4n) is 5.29. The molecule has 3 heterocycles. The Morgan fingerprint density at radius 3 is 2.09 bits per heavy atom. The van der Waals surface area contributed by atoms with Crippen LogP contribution in [0.5, 0.6) is 0 Å². The van der Waals surface area contributed by atoms with Crippen molar-refractivity contribution >= 4 is 11.9 Å². The smallest absolute Gasteiger partial charge is 0.364 e. The van der Waals surface area contributed by atoms with E-state index in [9.17, 15) is 65.8 Å². The quantitative estimate of drug-likeness (QED) is 0.0873. The molecule has 3 aliphatic heterocycles. The molecule has 16 atom stereocenters. The van der Waals surface area contributed by atoms with Gasteiger partial charge in [0.2, 0.25) is 5.91 Å². The molecule has 1 amide bonds. The van der Waals surface area contributed by atoms with Crippen molar-refractivity contribution in [2.45, 2.75) is 111 Å². The van der Waals surface area contributed by atoms with E-state index in [1.807, 2.05) is 0 Å². The third kappa shape index (κ3) is 7.45. The van der Waals surface area contributed by atoms with Crippen LogP contribution in [0, 0.1) is 0 Å². The Balaban J connectivity index is 1.94. The molecule has 3 fully saturated rings. The summed E-state index contributed by atoms with van der Waals surface area (Å²) in [5, 5.41) is 124. The maximum absolute atomic E-state index is 12.6. The summed E-state index contributed by atoms with van der Waals surface area (Å²) in [5.41, 5.74) is 1.58. The Bertz CT molecular complexity index is 962. The van der Waals surface area contributed by atoms with Crippen molar-refractivity contribution in [2.75, 3.05) is 19.8 Å². The van der Waals surface area contributed by atoms with Crippen molar-refractivity contribution in [3.8, 4) is 0 Å². The molecule has 8 unspecified atom stereocenters. The van der Waals surface area contributed by atoms with Gasteiger partial charge < -0.3 is 90.4 Å². The van der Waals surface area contributed by atoms with Crippen LogP contribution in [0.25, 0.3) is 0 Å². The number of ether oxygens (including phenoxy) is 5. The van der Waals surface area contributed by atoms with Crippen LogP contribution < -0.4 is 10.8 Å². The third-order valence-corrected chi connectivity index (χ3v) is 7.62. The number of rotatable bonds is 12. The second-order valence-corrected chi connectivity index (χ2v) is 10.7. The summed E-state index contributed by atoms with van der Waals surface area (Å²) < 4.78 is 27.2. The fraction of sp³-hybridized carbons (Fsp3) is 0.913. The maximum atomic E-state index is 12.6. The van der Waals surface area contributed by atoms with Crippen molar-refractivity contribution in [1.82, 2.24) is 10.8 Å². The van der Waals surface area contributed by atoms with Crippen molar-refractivity contribution in [3.05, 3.63) is 0 Å². The zero-order valence-electron chi connectivity index (χ0n) is 23.2. The number of amides is 1. The molecule has 256 valence electrons. The Hall–Kier alpha value is -1.74. The average Bonchev–Trinajstić information content (AvgIpc) is 2.99. The molecule has 0 radical (unpaired) electrons. The van der Waals surface area contributed by atoms with Gasteiger partial charge in [-0.25, -0.2) is 4.79 Å². The minimum Gasteiger partial charge on any atom is -0.477 e. The molecule has 3 aliphatic rings. The molecule has 0 bridgehead atoms. The first-order valence-corrected chi connectivity index (χ1v) is 13.5. The summed E-state index contributed by atoms with van der Waals surface area (Å²) in [6, 6.07) is -1.54. The Kier molecular flexibility index (Phi) is 12.7. The number of aliphatic hydroxyl groups is 10. The number of hydroxylamine groups is 1. The lowest BCUT2D eigenvalue weighted by Crippen LogP contribution is -2.71. The summed E-state index contributed by atoms with van der Waals surface area (Å²) in [7, 11) is 0. The van der Waals surface area contributed by atoms with Crippen LogP contribution in [-0.4, -0.2) is 191 Å². The summed E-state index contributed by atoms with van der Waals surface area (Å²) in [5.74, 6) is -5.75. The van der Waals surface area contributed by atoms with E-state index in [4.69, 9.17) is 28.9 Å². The number of hydrogen-bond donors (Lipinski definition) is 14. The molecule has 14 N–H and O–H groups in total. The highest BCUT2D eigenvalue weighted by molar-refractivity contribution is 5.76. The predicted octanol–water partition coefficient (Wildman–Crippen LogP) is -8.24. The molecule has 44 heavy (non-hydrogen) atoms. The number of carboxylic acids is 1. The average molecular weight is 649 g/mol. The molecule has 21 nitrogen and oxygen atoms in total. The first kappa shape index (κ1) is 36.7. The van der Waals surface area contributed by atoms with Crippen molar-refractivity contribution < 1.29 is 94.7 Å². The first-order valence-electron chi connectivity index (χ1n) is 13.5. The summed E-state index contributed by atoms with van der Waals surface area (Å²) in [4.78, 5) is 24.3. The zero-order valence-corrected chi connectivity index (χ0v) is 23.2. The molecular weight excluding hydrogens is 608 g/mol. The second kappa shape index (κ2) is 15.2. The lowest BCUT2D eigenvalue weighted by molar-refractivity contribution is -0.382. The molecule has 3 saturated heterocycles. The highest BCUT2D eigenvalue weighted by atomic mass is 16.8. The minimum atomic E-state index is -3.03. The number of carboxylic acid groups (broad SMARTS) is 1. The number of carbonyl (C=O) groups is 2. The van der Waals surface area contributed by atoms with Crippen LogP contribution in [0.3, 0.4) is 0 Å². The largest absolute Gasteiger partial charge is 0.477 e. The standard InChI is InChI=1S/C23H40N2O19/c1-6(29)24-11-7(30)2-23(22(37)38,43-18(11)12(32)8(31)3-26)44-19-13(33)9(4-27)41-21(16(19)36)42-17-10(5-28)40-20(25-39)15(35)14(17)34/h7-21,25-28,30-36,39H,2-5H2,1H3,(H,24,29)(H,37,38)/t7?,8-,9?,10?,11-,12-,13+,14?,15?,16+,17-,18?,19?,20-,21?,23+/m1/s1. The normalized spacial score (nSPS) is 44.5. The molecule has 0 aromatic heterocycles. The van der Waals surface area contributed by atoms with Gasteiger partial charge in [-0.15, -0.1) is 0 Å². The van der Waals surface area contributed by atoms with Crippen molar-refractivity contribution in [2.24, 2.45) is 0 Å². The number of hydrogen-bond acceptors (Lipinski definition) is 19. The third-order valence-electron chi connectivity index (χ3n) is 7.62. The van der Waals surface area contributed by atoms with E-state index in [2.05, 4.69) is 5.32 Å². The van der Waals surface area contributed by atoms with Gasteiger partial charge in [0, 0.05) is 13.3 Å². The highest BCUT2D eigenvalue weighted by Gasteiger charge is 2.60. The second-order valence-electron chi connectivity index (χ2n) is 10.7. The molecule has 0 aromatic carbocycles. The van der Waals surface area contributed by atoms with E-state index < -0.39 is 136 Å². The molecule has 0 saturated carbocycles. The number of aliphatic hydroxyl groups excluding tert-OH is 10. The van der Waals surface area contributed by atoms with Crippen LogP contribution in [-0.2, 0) is 33.3 Å². The van der Waals surface area contributed by atoms with Gasteiger partial charge in [0.05, 0.1) is 32.0 Å². The SMILES string of the molecule is CC(=O)N[C@@H]1C(O)C[C@](OC2[C@H](O)C(O[C@@H]3C(CO)O[C@@H](NO)C(O)C3O)OC(CO)[C@@H]2O)(C(=O)O)OC1[C@H](O)[C@H](O)CO. The van der Waals surface area contributed by atoms with Gasteiger partial charge in [-0.1, -0.05) is 0 Å². The monoisotopic (exact) mass is 648 g/mol. The van der Waals surface area contributed by atoms with Crippen LogP contribution in [0.2, 0.25) is 0 Å². The van der Waals surface area contributed by atoms with Gasteiger partial charge in [-0.05, 0) is 0 Å². The van der Waals surface area contributed by atoms with E-state index >= 15 is 0 Å². The van der Waals surface area contributed by atoms with Gasteiger partial charge in [-0.2, -0.15) is 5.48 Å².